The standard InChI is InChI=1S/C16H15NO3/c1-12(17-11-16(18)19)13-7-9-15(10-8-13)20-14-5-3-2-4-6-14/h2-10,17H,1,11H2,(H,18,19). The molecule has 102 valence electrons. The molecule has 0 amide bonds. The van der Waals surface area contributed by atoms with Crippen molar-refractivity contribution in [3.8, 4) is 11.5 Å². The number of benzene rings is 2. The zero-order chi connectivity index (χ0) is 14.4. The van der Waals surface area contributed by atoms with E-state index in [9.17, 15) is 4.79 Å². The molecule has 0 heterocycles. The van der Waals surface area contributed by atoms with Gasteiger partial charge < -0.3 is 15.2 Å². The Morgan fingerprint density at radius 3 is 2.25 bits per heavy atom. The predicted octanol–water partition coefficient (Wildman–Crippen LogP) is 3.12. The number of rotatable bonds is 6. The molecule has 2 aromatic rings. The van der Waals surface area contributed by atoms with Gasteiger partial charge in [-0.15, -0.1) is 0 Å². The molecule has 4 nitrogen and oxygen atoms in total. The molecule has 0 aliphatic rings. The molecular formula is C16H15NO3. The number of nitrogens with one attached hydrogen (secondary N) is 1. The molecule has 0 aliphatic carbocycles. The van der Waals surface area contributed by atoms with Crippen LogP contribution in [-0.4, -0.2) is 17.6 Å². The summed E-state index contributed by atoms with van der Waals surface area (Å²) >= 11 is 0. The molecule has 20 heavy (non-hydrogen) atoms. The second kappa shape index (κ2) is 6.43. The lowest BCUT2D eigenvalue weighted by Gasteiger charge is -2.09. The summed E-state index contributed by atoms with van der Waals surface area (Å²) in [6.45, 7) is 3.64. The normalized spacial score (nSPS) is 9.80. The van der Waals surface area contributed by atoms with Crippen LogP contribution in [0.4, 0.5) is 0 Å². The maximum atomic E-state index is 10.5. The summed E-state index contributed by atoms with van der Waals surface area (Å²) in [7, 11) is 0. The minimum Gasteiger partial charge on any atom is -0.480 e. The molecule has 0 saturated heterocycles. The third-order valence-corrected chi connectivity index (χ3v) is 2.63. The second-order valence-corrected chi connectivity index (χ2v) is 4.17. The van der Waals surface area contributed by atoms with Crippen LogP contribution in [0.25, 0.3) is 5.70 Å². The maximum Gasteiger partial charge on any atom is 0.322 e. The highest BCUT2D eigenvalue weighted by atomic mass is 16.5. The summed E-state index contributed by atoms with van der Waals surface area (Å²) < 4.78 is 5.67. The van der Waals surface area contributed by atoms with Gasteiger partial charge in [0.05, 0.1) is 0 Å². The summed E-state index contributed by atoms with van der Waals surface area (Å²) in [6.07, 6.45) is 0. The molecule has 0 fully saturated rings. The fourth-order valence-electron chi connectivity index (χ4n) is 1.63. The van der Waals surface area contributed by atoms with Gasteiger partial charge in [-0.2, -0.15) is 0 Å². The minimum absolute atomic E-state index is 0.152. The van der Waals surface area contributed by atoms with Crippen molar-refractivity contribution in [1.29, 1.82) is 0 Å². The fraction of sp³-hybridized carbons (Fsp3) is 0.0625. The quantitative estimate of drug-likeness (QED) is 0.846. The van der Waals surface area contributed by atoms with Gasteiger partial charge in [0, 0.05) is 5.70 Å². The van der Waals surface area contributed by atoms with Crippen LogP contribution in [0, 0.1) is 0 Å². The van der Waals surface area contributed by atoms with Gasteiger partial charge in [-0.05, 0) is 42.0 Å². The zero-order valence-corrected chi connectivity index (χ0v) is 10.9. The number of carboxylic acid groups (broad SMARTS) is 1. The summed E-state index contributed by atoms with van der Waals surface area (Å²) in [5, 5.41) is 11.3. The molecule has 0 saturated carbocycles. The Morgan fingerprint density at radius 2 is 1.65 bits per heavy atom. The minimum atomic E-state index is -0.921. The van der Waals surface area contributed by atoms with Gasteiger partial charge in [0.1, 0.15) is 18.0 Å². The first-order valence-electron chi connectivity index (χ1n) is 6.13. The van der Waals surface area contributed by atoms with E-state index in [2.05, 4.69) is 11.9 Å². The van der Waals surface area contributed by atoms with Gasteiger partial charge in [0.2, 0.25) is 0 Å². The van der Waals surface area contributed by atoms with Crippen LogP contribution in [-0.2, 0) is 4.79 Å². The molecule has 2 aromatic carbocycles. The molecule has 4 heteroatoms. The number of carbonyl (C=O) groups is 1. The van der Waals surface area contributed by atoms with E-state index in [1.165, 1.54) is 0 Å². The van der Waals surface area contributed by atoms with Gasteiger partial charge in [-0.25, -0.2) is 0 Å². The molecule has 0 spiro atoms. The number of para-hydroxylation sites is 1. The van der Waals surface area contributed by atoms with Gasteiger partial charge in [0.15, 0.2) is 0 Å². The molecule has 0 aromatic heterocycles. The molecule has 0 aliphatic heterocycles. The van der Waals surface area contributed by atoms with Crippen molar-refractivity contribution < 1.29 is 14.6 Å². The van der Waals surface area contributed by atoms with E-state index < -0.39 is 5.97 Å². The van der Waals surface area contributed by atoms with Crippen molar-refractivity contribution in [3.05, 3.63) is 66.7 Å². The molecule has 0 atom stereocenters. The lowest BCUT2D eigenvalue weighted by molar-refractivity contribution is -0.135. The Balaban J connectivity index is 1.99. The van der Waals surface area contributed by atoms with Crippen LogP contribution in [0.3, 0.4) is 0 Å². The fourth-order valence-corrected chi connectivity index (χ4v) is 1.63. The highest BCUT2D eigenvalue weighted by Crippen LogP contribution is 2.22. The Bertz CT molecular complexity index is 591. The van der Waals surface area contributed by atoms with E-state index in [0.717, 1.165) is 11.3 Å². The first kappa shape index (κ1) is 13.7. The molecule has 0 unspecified atom stereocenters. The monoisotopic (exact) mass is 269 g/mol. The number of hydrogen-bond donors (Lipinski definition) is 2. The van der Waals surface area contributed by atoms with Crippen LogP contribution >= 0.6 is 0 Å². The first-order chi connectivity index (χ1) is 9.65. The summed E-state index contributed by atoms with van der Waals surface area (Å²) in [5.41, 5.74) is 1.39. The average molecular weight is 269 g/mol. The highest BCUT2D eigenvalue weighted by Gasteiger charge is 2.02. The van der Waals surface area contributed by atoms with Crippen LogP contribution < -0.4 is 10.1 Å². The number of carboxylic acids is 1. The van der Waals surface area contributed by atoms with Crippen LogP contribution in [0.1, 0.15) is 5.56 Å². The number of hydrogen-bond acceptors (Lipinski definition) is 3. The Hall–Kier alpha value is -2.75. The van der Waals surface area contributed by atoms with Crippen molar-refractivity contribution in [2.24, 2.45) is 0 Å². The van der Waals surface area contributed by atoms with E-state index in [1.54, 1.807) is 0 Å². The third-order valence-electron chi connectivity index (χ3n) is 2.63. The largest absolute Gasteiger partial charge is 0.480 e. The first-order valence-corrected chi connectivity index (χ1v) is 6.13. The Morgan fingerprint density at radius 1 is 1.05 bits per heavy atom. The molecule has 0 radical (unpaired) electrons. The smallest absolute Gasteiger partial charge is 0.322 e. The summed E-state index contributed by atoms with van der Waals surface area (Å²) in [4.78, 5) is 10.5. The molecule has 2 N–H and O–H groups in total. The third kappa shape index (κ3) is 3.88. The topological polar surface area (TPSA) is 58.6 Å². The maximum absolute atomic E-state index is 10.5. The lowest BCUT2D eigenvalue weighted by atomic mass is 10.1. The molecular weight excluding hydrogens is 254 g/mol. The van der Waals surface area contributed by atoms with Crippen molar-refractivity contribution in [2.45, 2.75) is 0 Å². The molecule has 2 rings (SSSR count). The van der Waals surface area contributed by atoms with Crippen LogP contribution in [0.5, 0.6) is 11.5 Å². The highest BCUT2D eigenvalue weighted by molar-refractivity contribution is 5.73. The van der Waals surface area contributed by atoms with Crippen molar-refractivity contribution >= 4 is 11.7 Å². The van der Waals surface area contributed by atoms with Crippen LogP contribution in [0.2, 0.25) is 0 Å². The van der Waals surface area contributed by atoms with Crippen molar-refractivity contribution in [1.82, 2.24) is 5.32 Å². The van der Waals surface area contributed by atoms with E-state index in [-0.39, 0.29) is 6.54 Å². The van der Waals surface area contributed by atoms with Gasteiger partial charge in [0.25, 0.3) is 0 Å². The second-order valence-electron chi connectivity index (χ2n) is 4.17. The molecule has 0 bridgehead atoms. The van der Waals surface area contributed by atoms with E-state index in [4.69, 9.17) is 9.84 Å². The number of aliphatic carboxylic acids is 1. The summed E-state index contributed by atoms with van der Waals surface area (Å²) in [5.74, 6) is 0.559. The van der Waals surface area contributed by atoms with Crippen LogP contribution in [0.15, 0.2) is 61.2 Å². The predicted molar refractivity (Wildman–Crippen MR) is 77.6 cm³/mol. The van der Waals surface area contributed by atoms with Crippen molar-refractivity contribution in [3.63, 3.8) is 0 Å². The van der Waals surface area contributed by atoms with Gasteiger partial charge in [-0.3, -0.25) is 4.79 Å². The lowest BCUT2D eigenvalue weighted by Crippen LogP contribution is -2.20. The van der Waals surface area contributed by atoms with Gasteiger partial charge >= 0.3 is 5.97 Å². The Kier molecular flexibility index (Phi) is 4.39. The van der Waals surface area contributed by atoms with E-state index in [0.29, 0.717) is 11.4 Å². The SMILES string of the molecule is C=C(NCC(=O)O)c1ccc(Oc2ccccc2)cc1. The summed E-state index contributed by atoms with van der Waals surface area (Å²) in [6, 6.07) is 16.8. The average Bonchev–Trinajstić information content (AvgIpc) is 2.46. The van der Waals surface area contributed by atoms with E-state index >= 15 is 0 Å². The van der Waals surface area contributed by atoms with Crippen molar-refractivity contribution in [2.75, 3.05) is 6.54 Å². The van der Waals surface area contributed by atoms with Gasteiger partial charge in [-0.1, -0.05) is 24.8 Å². The Labute approximate surface area is 117 Å². The number of ether oxygens (including phenoxy) is 1. The van der Waals surface area contributed by atoms with E-state index in [1.807, 2.05) is 54.6 Å². The zero-order valence-electron chi connectivity index (χ0n) is 10.9.